The molecule has 0 aliphatic heterocycles. The molecule has 2 atom stereocenters. The van der Waals surface area contributed by atoms with Crippen molar-refractivity contribution >= 4 is 0 Å². The summed E-state index contributed by atoms with van der Waals surface area (Å²) in [7, 11) is 0. The molecule has 1 nitrogen and oxygen atoms in total. The van der Waals surface area contributed by atoms with Gasteiger partial charge in [0.1, 0.15) is 0 Å². The first-order chi connectivity index (χ1) is 14.3. The minimum atomic E-state index is -1.25. The first kappa shape index (κ1) is 28.1. The summed E-state index contributed by atoms with van der Waals surface area (Å²) in [6.45, 7) is 29.6. The second-order valence-electron chi connectivity index (χ2n) is 7.09. The molecule has 0 aliphatic rings. The molecule has 31 heavy (non-hydrogen) atoms. The first-order valence-electron chi connectivity index (χ1n) is 9.41. The molecule has 0 radical (unpaired) electrons. The summed E-state index contributed by atoms with van der Waals surface area (Å²) in [5.74, 6) is -4.77. The van der Waals surface area contributed by atoms with Crippen LogP contribution in [0.4, 0.5) is 17.6 Å². The van der Waals surface area contributed by atoms with Crippen molar-refractivity contribution in [2.75, 3.05) is 6.61 Å². The SMILES string of the molecule is C=CC(C)COC(C)C(=C)/C(F)=C(/F)C(=C)C(=C)/C=C\C(=C)C(=C)/C(F)=C(/F)C(=C)C. The Morgan fingerprint density at radius 2 is 1.19 bits per heavy atom. The third-order valence-electron chi connectivity index (χ3n) is 4.34. The smallest absolute Gasteiger partial charge is 0.166 e. The fraction of sp³-hybridized carbons (Fsp3) is 0.231. The van der Waals surface area contributed by atoms with E-state index in [1.165, 1.54) is 19.1 Å². The molecule has 0 aromatic heterocycles. The number of ether oxygens (including phenoxy) is 1. The Balaban J connectivity index is 5.34. The third kappa shape index (κ3) is 8.38. The zero-order valence-corrected chi connectivity index (χ0v) is 18.5. The highest BCUT2D eigenvalue weighted by atomic mass is 19.2. The molecule has 0 aromatic carbocycles. The summed E-state index contributed by atoms with van der Waals surface area (Å²) in [6, 6.07) is 0. The molecule has 0 aliphatic carbocycles. The molecule has 168 valence electrons. The number of halogens is 4. The molecule has 0 fully saturated rings. The minimum Gasteiger partial charge on any atom is -0.373 e. The fourth-order valence-corrected chi connectivity index (χ4v) is 1.92. The van der Waals surface area contributed by atoms with Crippen LogP contribution in [0, 0.1) is 5.92 Å². The van der Waals surface area contributed by atoms with Crippen molar-refractivity contribution in [3.8, 4) is 0 Å². The Hall–Kier alpha value is -2.92. The quantitative estimate of drug-likeness (QED) is 0.161. The highest BCUT2D eigenvalue weighted by Gasteiger charge is 2.20. The number of hydrogen-bond acceptors (Lipinski definition) is 1. The lowest BCUT2D eigenvalue weighted by Gasteiger charge is -2.17. The molecule has 0 N–H and O–H groups in total. The van der Waals surface area contributed by atoms with E-state index in [0.29, 0.717) is 0 Å². The van der Waals surface area contributed by atoms with E-state index in [4.69, 9.17) is 4.74 Å². The Kier molecular flexibility index (Phi) is 11.5. The maximum absolute atomic E-state index is 14.5. The van der Waals surface area contributed by atoms with Crippen LogP contribution in [0.3, 0.4) is 0 Å². The van der Waals surface area contributed by atoms with E-state index in [1.807, 2.05) is 6.92 Å². The second-order valence-corrected chi connectivity index (χ2v) is 7.09. The van der Waals surface area contributed by atoms with E-state index in [0.717, 1.165) is 0 Å². The van der Waals surface area contributed by atoms with Crippen LogP contribution >= 0.6 is 0 Å². The minimum absolute atomic E-state index is 0.00647. The normalized spacial score (nSPS) is 14.8. The summed E-state index contributed by atoms with van der Waals surface area (Å²) in [4.78, 5) is 0. The van der Waals surface area contributed by atoms with Crippen LogP contribution in [-0.4, -0.2) is 12.7 Å². The fourth-order valence-electron chi connectivity index (χ4n) is 1.92. The van der Waals surface area contributed by atoms with Crippen molar-refractivity contribution in [1.82, 2.24) is 0 Å². The van der Waals surface area contributed by atoms with Crippen molar-refractivity contribution in [3.05, 3.63) is 121 Å². The first-order valence-corrected chi connectivity index (χ1v) is 9.41. The predicted molar refractivity (Wildman–Crippen MR) is 123 cm³/mol. The summed E-state index contributed by atoms with van der Waals surface area (Å²) >= 11 is 0. The van der Waals surface area contributed by atoms with Gasteiger partial charge in [0, 0.05) is 16.7 Å². The summed E-state index contributed by atoms with van der Waals surface area (Å²) < 4.78 is 62.1. The molecular formula is C26H30F4O. The van der Waals surface area contributed by atoms with Gasteiger partial charge in [0.2, 0.25) is 0 Å². The van der Waals surface area contributed by atoms with Crippen LogP contribution in [0.5, 0.6) is 0 Å². The van der Waals surface area contributed by atoms with Crippen molar-refractivity contribution in [2.45, 2.75) is 26.9 Å². The zero-order chi connectivity index (χ0) is 24.5. The Morgan fingerprint density at radius 3 is 1.58 bits per heavy atom. The van der Waals surface area contributed by atoms with Gasteiger partial charge in [-0.25, -0.2) is 17.6 Å². The monoisotopic (exact) mass is 434 g/mol. The Bertz CT molecular complexity index is 896. The maximum Gasteiger partial charge on any atom is 0.166 e. The van der Waals surface area contributed by atoms with Gasteiger partial charge in [0.05, 0.1) is 12.7 Å². The molecule has 0 heterocycles. The molecule has 0 saturated carbocycles. The van der Waals surface area contributed by atoms with Gasteiger partial charge in [-0.05, 0) is 36.5 Å². The van der Waals surface area contributed by atoms with Crippen molar-refractivity contribution in [1.29, 1.82) is 0 Å². The van der Waals surface area contributed by atoms with E-state index in [-0.39, 0.29) is 46.0 Å². The van der Waals surface area contributed by atoms with Crippen LogP contribution in [0.1, 0.15) is 20.8 Å². The molecular weight excluding hydrogens is 404 g/mol. The van der Waals surface area contributed by atoms with Gasteiger partial charge in [-0.3, -0.25) is 0 Å². The van der Waals surface area contributed by atoms with Crippen LogP contribution in [0.25, 0.3) is 0 Å². The van der Waals surface area contributed by atoms with Gasteiger partial charge < -0.3 is 4.74 Å². The molecule has 5 heteroatoms. The van der Waals surface area contributed by atoms with Gasteiger partial charge in [0.25, 0.3) is 0 Å². The van der Waals surface area contributed by atoms with Gasteiger partial charge in [-0.2, -0.15) is 0 Å². The Labute approximate surface area is 183 Å². The van der Waals surface area contributed by atoms with Gasteiger partial charge in [-0.1, -0.05) is 64.6 Å². The zero-order valence-electron chi connectivity index (χ0n) is 18.5. The lowest BCUT2D eigenvalue weighted by atomic mass is 10.0. The molecule has 0 rings (SSSR count). The molecule has 0 aromatic rings. The van der Waals surface area contributed by atoms with Crippen LogP contribution < -0.4 is 0 Å². The van der Waals surface area contributed by atoms with Crippen LogP contribution in [0.2, 0.25) is 0 Å². The number of allylic oxidation sites excluding steroid dienone is 10. The second kappa shape index (κ2) is 12.7. The molecule has 0 saturated heterocycles. The summed E-state index contributed by atoms with van der Waals surface area (Å²) in [5, 5.41) is 0. The number of rotatable bonds is 13. The van der Waals surface area contributed by atoms with E-state index in [1.54, 1.807) is 13.0 Å². The number of hydrogen-bond donors (Lipinski definition) is 0. The van der Waals surface area contributed by atoms with Crippen LogP contribution in [-0.2, 0) is 4.74 Å². The van der Waals surface area contributed by atoms with E-state index < -0.39 is 29.4 Å². The highest BCUT2D eigenvalue weighted by molar-refractivity contribution is 5.54. The average Bonchev–Trinajstić information content (AvgIpc) is 2.76. The molecule has 0 spiro atoms. The standard InChI is InChI=1S/C26H30F4O/c1-11-16(4)14-31-22(10)21(9)26(30)25(29)20(8)18(6)13-12-17(5)19(7)24(28)23(27)15(2)3/h11-13,16,22H,1-2,5-9,14H2,3-4,10H3/b13-12-,24-23-,26-25-. The molecule has 0 amide bonds. The van der Waals surface area contributed by atoms with Crippen LogP contribution in [0.15, 0.2) is 121 Å². The molecule has 0 bridgehead atoms. The van der Waals surface area contributed by atoms with Gasteiger partial charge in [0.15, 0.2) is 23.3 Å². The molecule has 2 unspecified atom stereocenters. The Morgan fingerprint density at radius 1 is 0.774 bits per heavy atom. The van der Waals surface area contributed by atoms with E-state index >= 15 is 0 Å². The lowest BCUT2D eigenvalue weighted by molar-refractivity contribution is 0.0749. The van der Waals surface area contributed by atoms with E-state index in [9.17, 15) is 17.6 Å². The largest absolute Gasteiger partial charge is 0.373 e. The lowest BCUT2D eigenvalue weighted by Crippen LogP contribution is -2.16. The van der Waals surface area contributed by atoms with Crippen molar-refractivity contribution in [2.24, 2.45) is 5.92 Å². The van der Waals surface area contributed by atoms with Gasteiger partial charge in [-0.15, -0.1) is 6.58 Å². The maximum atomic E-state index is 14.5. The average molecular weight is 435 g/mol. The summed E-state index contributed by atoms with van der Waals surface area (Å²) in [5.41, 5.74) is -0.946. The highest BCUT2D eigenvalue weighted by Crippen LogP contribution is 2.30. The van der Waals surface area contributed by atoms with E-state index in [2.05, 4.69) is 46.1 Å². The predicted octanol–water partition coefficient (Wildman–Crippen LogP) is 8.43. The summed E-state index contributed by atoms with van der Waals surface area (Å²) in [6.07, 6.45) is 3.38. The topological polar surface area (TPSA) is 9.23 Å². The third-order valence-corrected chi connectivity index (χ3v) is 4.34. The van der Waals surface area contributed by atoms with Gasteiger partial charge >= 0.3 is 0 Å². The van der Waals surface area contributed by atoms with Crippen molar-refractivity contribution in [3.63, 3.8) is 0 Å². The van der Waals surface area contributed by atoms with Crippen molar-refractivity contribution < 1.29 is 22.3 Å².